The summed E-state index contributed by atoms with van der Waals surface area (Å²) in [5.41, 5.74) is 1.72. The second-order valence-electron chi connectivity index (χ2n) is 6.44. The molecule has 0 bridgehead atoms. The molecule has 0 aliphatic carbocycles. The summed E-state index contributed by atoms with van der Waals surface area (Å²) in [5.74, 6) is -1.50. The van der Waals surface area contributed by atoms with Gasteiger partial charge in [-0.3, -0.25) is 9.78 Å². The molecule has 1 aromatic rings. The van der Waals surface area contributed by atoms with Gasteiger partial charge in [0.25, 0.3) is 0 Å². The number of carboxylic acid groups (broad SMARTS) is 1. The molecule has 0 atom stereocenters. The van der Waals surface area contributed by atoms with E-state index in [1.807, 2.05) is 6.07 Å². The Morgan fingerprint density at radius 3 is 2.07 bits per heavy atom. The number of aliphatic carboxylic acids is 1. The fraction of sp³-hybridized carbons (Fsp3) is 0.400. The zero-order valence-corrected chi connectivity index (χ0v) is 17.2. The first-order chi connectivity index (χ1) is 14.3. The van der Waals surface area contributed by atoms with E-state index in [0.717, 1.165) is 19.8 Å². The largest absolute Gasteiger partial charge is 0.513 e. The lowest BCUT2D eigenvalue weighted by molar-refractivity contribution is -0.137. The SMILES string of the molecule is COC(=O)OC1=C(C)N(CC(=O)O)C(C)=C(OC(=O)OC)C1CCc1cccnc1. The average molecular weight is 420 g/mol. The molecule has 30 heavy (non-hydrogen) atoms. The fourth-order valence-corrected chi connectivity index (χ4v) is 3.19. The minimum absolute atomic E-state index is 0.136. The van der Waals surface area contributed by atoms with Crippen LogP contribution in [0.5, 0.6) is 0 Å². The Morgan fingerprint density at radius 2 is 1.63 bits per heavy atom. The van der Waals surface area contributed by atoms with Crippen LogP contribution in [-0.2, 0) is 30.2 Å². The van der Waals surface area contributed by atoms with Crippen molar-refractivity contribution in [3.05, 3.63) is 53.0 Å². The number of aromatic nitrogens is 1. The minimum Gasteiger partial charge on any atom is -0.480 e. The molecule has 1 N–H and O–H groups in total. The van der Waals surface area contributed by atoms with Gasteiger partial charge < -0.3 is 29.0 Å². The lowest BCUT2D eigenvalue weighted by Gasteiger charge is -2.36. The summed E-state index contributed by atoms with van der Waals surface area (Å²) in [4.78, 5) is 40.6. The lowest BCUT2D eigenvalue weighted by atomic mass is 9.91. The normalized spacial score (nSPS) is 14.5. The number of carboxylic acids is 1. The molecule has 0 saturated heterocycles. The Balaban J connectivity index is 2.49. The van der Waals surface area contributed by atoms with Crippen LogP contribution in [0.2, 0.25) is 0 Å². The van der Waals surface area contributed by atoms with Gasteiger partial charge in [-0.25, -0.2) is 9.59 Å². The highest BCUT2D eigenvalue weighted by atomic mass is 16.7. The first-order valence-corrected chi connectivity index (χ1v) is 9.09. The number of nitrogens with zero attached hydrogens (tertiary/aromatic N) is 2. The summed E-state index contributed by atoms with van der Waals surface area (Å²) in [5, 5.41) is 9.29. The number of carbonyl (C=O) groups excluding carboxylic acids is 2. The number of pyridine rings is 1. The predicted molar refractivity (Wildman–Crippen MR) is 103 cm³/mol. The molecule has 0 spiro atoms. The van der Waals surface area contributed by atoms with Crippen molar-refractivity contribution in [1.82, 2.24) is 9.88 Å². The van der Waals surface area contributed by atoms with E-state index in [-0.39, 0.29) is 11.5 Å². The van der Waals surface area contributed by atoms with Crippen LogP contribution in [0.25, 0.3) is 0 Å². The van der Waals surface area contributed by atoms with Crippen molar-refractivity contribution in [2.75, 3.05) is 20.8 Å². The Labute approximate surface area is 173 Å². The van der Waals surface area contributed by atoms with Crippen LogP contribution in [0.4, 0.5) is 9.59 Å². The van der Waals surface area contributed by atoms with Gasteiger partial charge in [0.2, 0.25) is 0 Å². The van der Waals surface area contributed by atoms with Gasteiger partial charge in [-0.1, -0.05) is 6.07 Å². The predicted octanol–water partition coefficient (Wildman–Crippen LogP) is 3.06. The molecule has 0 amide bonds. The first-order valence-electron chi connectivity index (χ1n) is 9.09. The van der Waals surface area contributed by atoms with E-state index in [2.05, 4.69) is 14.5 Å². The minimum atomic E-state index is -1.11. The molecule has 10 nitrogen and oxygen atoms in total. The van der Waals surface area contributed by atoms with Crippen molar-refractivity contribution in [3.8, 4) is 0 Å². The quantitative estimate of drug-likeness (QED) is 0.658. The molecule has 2 rings (SSSR count). The maximum absolute atomic E-state index is 11.9. The number of aryl methyl sites for hydroxylation is 1. The summed E-state index contributed by atoms with van der Waals surface area (Å²) in [7, 11) is 2.32. The summed E-state index contributed by atoms with van der Waals surface area (Å²) in [6.45, 7) is 2.82. The number of methoxy groups -OCH3 is 2. The van der Waals surface area contributed by atoms with Crippen molar-refractivity contribution < 1.29 is 38.4 Å². The van der Waals surface area contributed by atoms with Gasteiger partial charge in [-0.15, -0.1) is 0 Å². The molecular weight excluding hydrogens is 396 g/mol. The zero-order valence-electron chi connectivity index (χ0n) is 17.2. The molecule has 162 valence electrons. The third kappa shape index (κ3) is 5.49. The van der Waals surface area contributed by atoms with E-state index in [0.29, 0.717) is 24.2 Å². The van der Waals surface area contributed by atoms with Gasteiger partial charge in [-0.05, 0) is 38.3 Å². The molecule has 10 heteroatoms. The Morgan fingerprint density at radius 1 is 1.07 bits per heavy atom. The highest BCUT2D eigenvalue weighted by Crippen LogP contribution is 2.39. The molecule has 0 saturated carbocycles. The number of ether oxygens (including phenoxy) is 4. The molecule has 0 unspecified atom stereocenters. The molecule has 0 fully saturated rings. The van der Waals surface area contributed by atoms with Crippen LogP contribution in [-0.4, -0.2) is 54.0 Å². The van der Waals surface area contributed by atoms with Gasteiger partial charge in [0.1, 0.15) is 18.1 Å². The number of rotatable bonds is 7. The van der Waals surface area contributed by atoms with Crippen LogP contribution >= 0.6 is 0 Å². The van der Waals surface area contributed by atoms with Gasteiger partial charge in [0.05, 0.1) is 31.5 Å². The van der Waals surface area contributed by atoms with E-state index >= 15 is 0 Å². The van der Waals surface area contributed by atoms with E-state index in [4.69, 9.17) is 9.47 Å². The molecule has 2 heterocycles. The standard InChI is InChI=1S/C20H24N2O8/c1-12-17(29-19(25)27-3)15(8-7-14-6-5-9-21-10-14)18(30-20(26)28-4)13(2)22(12)11-16(23)24/h5-6,9-10,15H,7-8,11H2,1-4H3,(H,23,24). The zero-order chi connectivity index (χ0) is 22.3. The first kappa shape index (κ1) is 22.7. The van der Waals surface area contributed by atoms with Crippen molar-refractivity contribution in [2.45, 2.75) is 26.7 Å². The Kier molecular flexibility index (Phi) is 7.79. The number of allylic oxidation sites excluding steroid dienone is 2. The van der Waals surface area contributed by atoms with Crippen molar-refractivity contribution >= 4 is 18.3 Å². The molecule has 0 radical (unpaired) electrons. The van der Waals surface area contributed by atoms with Crippen LogP contribution < -0.4 is 0 Å². The Bertz CT molecular complexity index is 821. The average Bonchev–Trinajstić information content (AvgIpc) is 2.74. The number of hydrogen-bond acceptors (Lipinski definition) is 9. The van der Waals surface area contributed by atoms with Crippen molar-refractivity contribution in [2.24, 2.45) is 5.92 Å². The lowest BCUT2D eigenvalue weighted by Crippen LogP contribution is -2.36. The van der Waals surface area contributed by atoms with E-state index in [9.17, 15) is 19.5 Å². The van der Waals surface area contributed by atoms with E-state index < -0.39 is 30.7 Å². The summed E-state index contributed by atoms with van der Waals surface area (Å²) >= 11 is 0. The third-order valence-corrected chi connectivity index (χ3v) is 4.61. The second kappa shape index (κ2) is 10.3. The topological polar surface area (TPSA) is 124 Å². The maximum atomic E-state index is 11.9. The van der Waals surface area contributed by atoms with Crippen LogP contribution in [0.3, 0.4) is 0 Å². The second-order valence-corrected chi connectivity index (χ2v) is 6.44. The summed E-state index contributed by atoms with van der Waals surface area (Å²) < 4.78 is 19.9. The monoisotopic (exact) mass is 420 g/mol. The highest BCUT2D eigenvalue weighted by molar-refractivity contribution is 5.70. The van der Waals surface area contributed by atoms with Gasteiger partial charge in [0, 0.05) is 12.4 Å². The van der Waals surface area contributed by atoms with Gasteiger partial charge in [-0.2, -0.15) is 0 Å². The van der Waals surface area contributed by atoms with E-state index in [1.165, 1.54) is 4.90 Å². The third-order valence-electron chi connectivity index (χ3n) is 4.61. The van der Waals surface area contributed by atoms with E-state index in [1.54, 1.807) is 32.3 Å². The molecule has 1 aromatic heterocycles. The smallest absolute Gasteiger partial charge is 0.480 e. The van der Waals surface area contributed by atoms with Crippen LogP contribution in [0.1, 0.15) is 25.8 Å². The molecule has 1 aliphatic rings. The molecular formula is C20H24N2O8. The molecule has 1 aliphatic heterocycles. The van der Waals surface area contributed by atoms with Crippen LogP contribution in [0.15, 0.2) is 47.4 Å². The highest BCUT2D eigenvalue weighted by Gasteiger charge is 2.37. The number of carbonyl (C=O) groups is 3. The maximum Gasteiger partial charge on any atom is 0.513 e. The van der Waals surface area contributed by atoms with Crippen LogP contribution in [0, 0.1) is 5.92 Å². The Hall–Kier alpha value is -3.56. The number of hydrogen-bond donors (Lipinski definition) is 1. The van der Waals surface area contributed by atoms with Gasteiger partial charge in [0.15, 0.2) is 0 Å². The van der Waals surface area contributed by atoms with Crippen molar-refractivity contribution in [3.63, 3.8) is 0 Å². The molecule has 0 aromatic carbocycles. The van der Waals surface area contributed by atoms with Crippen molar-refractivity contribution in [1.29, 1.82) is 0 Å². The van der Waals surface area contributed by atoms with Gasteiger partial charge >= 0.3 is 18.3 Å². The summed E-state index contributed by atoms with van der Waals surface area (Å²) in [6.07, 6.45) is 2.33. The fourth-order valence-electron chi connectivity index (χ4n) is 3.19. The summed E-state index contributed by atoms with van der Waals surface area (Å²) in [6, 6.07) is 3.69.